The Balaban J connectivity index is 1.81. The average Bonchev–Trinajstić information content (AvgIpc) is 2.86. The summed E-state index contributed by atoms with van der Waals surface area (Å²) in [5.74, 6) is -9.97. The van der Waals surface area contributed by atoms with Crippen molar-refractivity contribution in [2.45, 2.75) is 43.8 Å². The third kappa shape index (κ3) is 3.83. The van der Waals surface area contributed by atoms with Crippen molar-refractivity contribution in [2.24, 2.45) is 34.5 Å². The number of ketones is 4. The Bertz CT molecular complexity index is 1720. The van der Waals surface area contributed by atoms with Gasteiger partial charge in [-0.3, -0.25) is 28.9 Å². The number of nitrogens with zero attached hydrogens (tertiary/aromatic N) is 3. The number of aromatic hydroxyl groups is 1. The topological polar surface area (TPSA) is 214 Å². The number of nitrogens with two attached hydrogens (primary N) is 3. The number of phenolic OH excluding ortho intramolecular Hbond substituents is 1. The van der Waals surface area contributed by atoms with E-state index >= 15 is 0 Å². The van der Waals surface area contributed by atoms with E-state index in [0.29, 0.717) is 22.4 Å². The number of anilines is 1. The maximum absolute atomic E-state index is 14.6. The number of hydrogen-bond donors (Lipinski definition) is 4. The number of carbonyl (C=O) groups is 5. The fourth-order valence-corrected chi connectivity index (χ4v) is 8.00. The van der Waals surface area contributed by atoms with Gasteiger partial charge in [0.15, 0.2) is 34.5 Å². The minimum Gasteiger partial charge on any atom is -0.507 e. The van der Waals surface area contributed by atoms with E-state index in [1.54, 1.807) is 31.1 Å². The van der Waals surface area contributed by atoms with Gasteiger partial charge in [-0.15, -0.1) is 0 Å². The summed E-state index contributed by atoms with van der Waals surface area (Å²) in [6.07, 6.45) is -0.603. The molecular formula is C32H36N6O6. The minimum absolute atomic E-state index is 0.138. The highest BCUT2D eigenvalue weighted by molar-refractivity contribution is 6.33. The Morgan fingerprint density at radius 1 is 1.00 bits per heavy atom. The molecule has 5 rings (SSSR count). The van der Waals surface area contributed by atoms with Crippen LogP contribution in [0, 0.1) is 42.4 Å². The highest BCUT2D eigenvalue weighted by atomic mass is 16.3. The first-order valence-corrected chi connectivity index (χ1v) is 14.1. The van der Waals surface area contributed by atoms with Gasteiger partial charge in [-0.2, -0.15) is 5.26 Å². The van der Waals surface area contributed by atoms with Crippen LogP contribution < -0.4 is 22.1 Å². The Hall–Kier alpha value is -4.44. The molecule has 0 aliphatic heterocycles. The van der Waals surface area contributed by atoms with Crippen LogP contribution in [0.4, 0.5) is 5.69 Å². The predicted octanol–water partition coefficient (Wildman–Crippen LogP) is 0.158. The molecule has 2 aromatic rings. The quantitative estimate of drug-likeness (QED) is 0.347. The number of rotatable bonds is 4. The van der Waals surface area contributed by atoms with Crippen molar-refractivity contribution in [3.63, 3.8) is 0 Å². The highest BCUT2D eigenvalue weighted by Gasteiger charge is 2.78. The van der Waals surface area contributed by atoms with Crippen LogP contribution in [0.1, 0.15) is 33.5 Å². The van der Waals surface area contributed by atoms with Crippen molar-refractivity contribution in [3.05, 3.63) is 46.5 Å². The van der Waals surface area contributed by atoms with E-state index in [1.165, 1.54) is 19.0 Å². The van der Waals surface area contributed by atoms with Gasteiger partial charge in [0, 0.05) is 30.9 Å². The second-order valence-corrected chi connectivity index (χ2v) is 13.0. The minimum atomic E-state index is -2.79. The summed E-state index contributed by atoms with van der Waals surface area (Å²) in [4.78, 5) is 72.1. The molecule has 3 aliphatic rings. The number of carbonyl (C=O) groups excluding carboxylic acids is 5. The normalized spacial score (nSPS) is 31.2. The standard InChI is InChI=1S/C32H36N6O6/c1-14-7-15(2)9-16(8-14)17-10-19(37(3)4)18-11-30(35)12-32(36)26(38(5)6)25(41)21(29(34)44)27(42)31(32,13-33)28(43)22(30)24(40)20(18)23(17)39/h7-10,21-22,26,39H,11-12,35-36H2,1-6H3,(H2,34,44)/t21?,22?,26-,30-,31+,32-/m1/s1. The van der Waals surface area contributed by atoms with Crippen molar-refractivity contribution < 1.29 is 29.1 Å². The molecule has 2 fully saturated rings. The molecule has 44 heavy (non-hydrogen) atoms. The molecule has 1 amide bonds. The van der Waals surface area contributed by atoms with Crippen molar-refractivity contribution in [1.82, 2.24) is 4.90 Å². The maximum Gasteiger partial charge on any atom is 0.235 e. The van der Waals surface area contributed by atoms with Crippen molar-refractivity contribution in [1.29, 1.82) is 5.26 Å². The number of hydrogen-bond acceptors (Lipinski definition) is 11. The van der Waals surface area contributed by atoms with E-state index in [1.807, 2.05) is 32.0 Å². The smallest absolute Gasteiger partial charge is 0.235 e. The molecule has 12 heteroatoms. The first-order chi connectivity index (χ1) is 20.4. The summed E-state index contributed by atoms with van der Waals surface area (Å²) in [7, 11) is 6.45. The number of aryl methyl sites for hydroxylation is 2. The van der Waals surface area contributed by atoms with Crippen molar-refractivity contribution in [2.75, 3.05) is 33.1 Å². The van der Waals surface area contributed by atoms with Crippen LogP contribution in [0.25, 0.3) is 11.1 Å². The lowest BCUT2D eigenvalue weighted by Gasteiger charge is -2.60. The highest BCUT2D eigenvalue weighted by Crippen LogP contribution is 2.57. The van der Waals surface area contributed by atoms with Crippen molar-refractivity contribution in [3.8, 4) is 22.9 Å². The Labute approximate surface area is 254 Å². The summed E-state index contributed by atoms with van der Waals surface area (Å²) in [5.41, 5.74) is 16.2. The number of primary amides is 1. The maximum atomic E-state index is 14.6. The molecule has 0 aromatic heterocycles. The van der Waals surface area contributed by atoms with Crippen LogP contribution in [-0.2, 0) is 25.6 Å². The van der Waals surface area contributed by atoms with E-state index in [9.17, 15) is 34.3 Å². The number of nitriles is 1. The van der Waals surface area contributed by atoms with Crippen LogP contribution in [0.2, 0.25) is 0 Å². The van der Waals surface area contributed by atoms with Crippen LogP contribution >= 0.6 is 0 Å². The Morgan fingerprint density at radius 3 is 2.09 bits per heavy atom. The lowest BCUT2D eigenvalue weighted by atomic mass is 9.42. The molecule has 2 unspecified atom stereocenters. The molecule has 7 N–H and O–H groups in total. The summed E-state index contributed by atoms with van der Waals surface area (Å²) < 4.78 is 0. The summed E-state index contributed by atoms with van der Waals surface area (Å²) in [6.45, 7) is 3.81. The first kappa shape index (κ1) is 31.0. The second kappa shape index (κ2) is 9.79. The van der Waals surface area contributed by atoms with Gasteiger partial charge < -0.3 is 27.2 Å². The molecule has 0 spiro atoms. The SMILES string of the molecule is Cc1cc(C)cc(-c2cc(N(C)C)c3c(c2O)C(=O)C2C(=O)[C@]4(C#N)C(=O)C(C(N)=O)C(=O)[C@@H](N(C)C)[C@]4(N)C[C@]2(N)C3)c1. The third-order valence-corrected chi connectivity index (χ3v) is 9.58. The van der Waals surface area contributed by atoms with E-state index in [-0.39, 0.29) is 17.7 Å². The van der Waals surface area contributed by atoms with Gasteiger partial charge in [0.1, 0.15) is 11.7 Å². The zero-order valence-corrected chi connectivity index (χ0v) is 25.5. The van der Waals surface area contributed by atoms with Gasteiger partial charge in [-0.1, -0.05) is 29.3 Å². The Kier molecular flexibility index (Phi) is 6.89. The van der Waals surface area contributed by atoms with Crippen LogP contribution in [0.15, 0.2) is 24.3 Å². The average molecular weight is 601 g/mol. The molecule has 0 saturated heterocycles. The van der Waals surface area contributed by atoms with E-state index in [2.05, 4.69) is 0 Å². The number of phenols is 1. The summed E-state index contributed by atoms with van der Waals surface area (Å²) in [5, 5.41) is 22.2. The molecule has 0 radical (unpaired) electrons. The number of benzene rings is 2. The van der Waals surface area contributed by atoms with Crippen molar-refractivity contribution >= 4 is 34.7 Å². The number of amides is 1. The van der Waals surface area contributed by atoms with Gasteiger partial charge in [0.25, 0.3) is 0 Å². The Morgan fingerprint density at radius 2 is 1.59 bits per heavy atom. The predicted molar refractivity (Wildman–Crippen MR) is 161 cm³/mol. The molecule has 3 aliphatic carbocycles. The summed E-state index contributed by atoms with van der Waals surface area (Å²) in [6, 6.07) is 7.70. The molecule has 0 heterocycles. The lowest BCUT2D eigenvalue weighted by molar-refractivity contribution is -0.166. The largest absolute Gasteiger partial charge is 0.507 e. The van der Waals surface area contributed by atoms with Gasteiger partial charge in [-0.05, 0) is 58.0 Å². The van der Waals surface area contributed by atoms with Gasteiger partial charge >= 0.3 is 0 Å². The lowest BCUT2D eigenvalue weighted by Crippen LogP contribution is -2.85. The number of likely N-dealkylation sites (N-methyl/N-ethyl adjacent to an activating group) is 1. The molecule has 0 bridgehead atoms. The van der Waals surface area contributed by atoms with Gasteiger partial charge in [0.2, 0.25) is 5.91 Å². The second-order valence-electron chi connectivity index (χ2n) is 13.0. The van der Waals surface area contributed by atoms with Crippen LogP contribution in [0.3, 0.4) is 0 Å². The van der Waals surface area contributed by atoms with E-state index in [0.717, 1.165) is 11.1 Å². The number of fused-ring (bicyclic) bond motifs is 3. The van der Waals surface area contributed by atoms with Gasteiger partial charge in [-0.25, -0.2) is 0 Å². The molecule has 2 aromatic carbocycles. The van der Waals surface area contributed by atoms with E-state index < -0.39 is 69.8 Å². The van der Waals surface area contributed by atoms with Gasteiger partial charge in [0.05, 0.1) is 23.2 Å². The zero-order valence-electron chi connectivity index (χ0n) is 25.5. The van der Waals surface area contributed by atoms with Crippen LogP contribution in [0.5, 0.6) is 5.75 Å². The molecule has 230 valence electrons. The third-order valence-electron chi connectivity index (χ3n) is 9.58. The number of Topliss-reactive ketones (excluding diaryl/α,β-unsaturated/α-hetero) is 4. The van der Waals surface area contributed by atoms with Crippen LogP contribution in [-0.4, -0.2) is 84.4 Å². The summed E-state index contributed by atoms with van der Waals surface area (Å²) >= 11 is 0. The van der Waals surface area contributed by atoms with E-state index in [4.69, 9.17) is 17.2 Å². The fourth-order valence-electron chi connectivity index (χ4n) is 8.00. The zero-order chi connectivity index (χ0) is 32.8. The molecule has 12 nitrogen and oxygen atoms in total. The molecule has 2 saturated carbocycles. The molecule has 6 atom stereocenters. The molecular weight excluding hydrogens is 564 g/mol. The monoisotopic (exact) mass is 600 g/mol. The fraction of sp³-hybridized carbons (Fsp3) is 0.438. The first-order valence-electron chi connectivity index (χ1n) is 14.1.